The van der Waals surface area contributed by atoms with Crippen molar-refractivity contribution in [3.63, 3.8) is 0 Å². The van der Waals surface area contributed by atoms with Crippen LogP contribution in [-0.2, 0) is 24.4 Å². The number of fused-ring (bicyclic) bond motifs is 1. The highest BCUT2D eigenvalue weighted by molar-refractivity contribution is 7.07. The molecule has 2 N–H and O–H groups in total. The number of rotatable bonds is 2. The van der Waals surface area contributed by atoms with E-state index >= 15 is 0 Å². The van der Waals surface area contributed by atoms with Gasteiger partial charge in [0.25, 0.3) is 0 Å². The molecule has 3 rings (SSSR count). The van der Waals surface area contributed by atoms with Gasteiger partial charge in [0.05, 0.1) is 24.5 Å². The normalized spacial score (nSPS) is 19.7. The molecule has 2 aromatic heterocycles. The molecule has 2 aromatic rings. The molecule has 0 aliphatic carbocycles. The molecule has 0 saturated heterocycles. The Morgan fingerprint density at radius 1 is 1.62 bits per heavy atom. The fourth-order valence-electron chi connectivity index (χ4n) is 1.94. The van der Waals surface area contributed by atoms with Crippen molar-refractivity contribution >= 4 is 11.3 Å². The van der Waals surface area contributed by atoms with Gasteiger partial charge >= 0.3 is 0 Å². The molecule has 4 nitrogen and oxygen atoms in total. The van der Waals surface area contributed by atoms with E-state index in [1.807, 2.05) is 10.7 Å². The molecule has 0 radical (unpaired) electrons. The highest BCUT2D eigenvalue weighted by Crippen LogP contribution is 2.27. The van der Waals surface area contributed by atoms with Crippen molar-refractivity contribution in [2.24, 2.45) is 5.73 Å². The Labute approximate surface area is 97.6 Å². The summed E-state index contributed by atoms with van der Waals surface area (Å²) in [5.74, 6) is 0. The lowest BCUT2D eigenvalue weighted by molar-refractivity contribution is -0.000939. The van der Waals surface area contributed by atoms with Crippen molar-refractivity contribution in [1.29, 1.82) is 0 Å². The topological polar surface area (TPSA) is 53.1 Å². The zero-order valence-corrected chi connectivity index (χ0v) is 9.61. The Morgan fingerprint density at radius 2 is 2.56 bits per heavy atom. The minimum absolute atomic E-state index is 0.129. The van der Waals surface area contributed by atoms with Gasteiger partial charge in [0.15, 0.2) is 0 Å². The molecule has 5 heteroatoms. The Balaban J connectivity index is 1.85. The van der Waals surface area contributed by atoms with Crippen LogP contribution in [0.1, 0.15) is 23.1 Å². The maximum Gasteiger partial charge on any atom is 0.103 e. The van der Waals surface area contributed by atoms with E-state index in [1.165, 1.54) is 5.56 Å². The minimum atomic E-state index is 0.129. The molecule has 1 aliphatic rings. The Morgan fingerprint density at radius 3 is 3.31 bits per heavy atom. The third-order valence-electron chi connectivity index (χ3n) is 2.81. The van der Waals surface area contributed by atoms with Gasteiger partial charge in [-0.15, -0.1) is 0 Å². The molecule has 1 atom stereocenters. The summed E-state index contributed by atoms with van der Waals surface area (Å²) in [6.07, 6.45) is 0.129. The lowest BCUT2D eigenvalue weighted by Gasteiger charge is -2.23. The highest BCUT2D eigenvalue weighted by atomic mass is 32.1. The Bertz CT molecular complexity index is 477. The number of hydrogen-bond donors (Lipinski definition) is 1. The number of thiophene rings is 1. The molecule has 3 heterocycles. The van der Waals surface area contributed by atoms with Crippen LogP contribution in [0, 0.1) is 0 Å². The molecule has 1 aliphatic heterocycles. The maximum absolute atomic E-state index is 5.81. The lowest BCUT2D eigenvalue weighted by atomic mass is 10.2. The number of nitrogens with zero attached hydrogens (tertiary/aromatic N) is 2. The predicted octanol–water partition coefficient (Wildman–Crippen LogP) is 1.67. The summed E-state index contributed by atoms with van der Waals surface area (Å²) in [4.78, 5) is 0. The SMILES string of the molecule is NCc1cc2n(n1)CC(c1ccsc1)OC2. The van der Waals surface area contributed by atoms with Crippen molar-refractivity contribution in [1.82, 2.24) is 9.78 Å². The van der Waals surface area contributed by atoms with Crippen LogP contribution in [0.3, 0.4) is 0 Å². The molecular formula is C11H13N3OS. The Hall–Kier alpha value is -1.17. The van der Waals surface area contributed by atoms with Gasteiger partial charge in [-0.05, 0) is 28.5 Å². The summed E-state index contributed by atoms with van der Waals surface area (Å²) in [7, 11) is 0. The van der Waals surface area contributed by atoms with E-state index in [1.54, 1.807) is 11.3 Å². The number of hydrogen-bond acceptors (Lipinski definition) is 4. The highest BCUT2D eigenvalue weighted by Gasteiger charge is 2.22. The van der Waals surface area contributed by atoms with Crippen LogP contribution >= 0.6 is 11.3 Å². The monoisotopic (exact) mass is 235 g/mol. The van der Waals surface area contributed by atoms with E-state index in [0.29, 0.717) is 13.2 Å². The van der Waals surface area contributed by atoms with Crippen LogP contribution in [-0.4, -0.2) is 9.78 Å². The number of ether oxygens (including phenoxy) is 1. The molecule has 0 saturated carbocycles. The summed E-state index contributed by atoms with van der Waals surface area (Å²) in [5.41, 5.74) is 8.86. The molecular weight excluding hydrogens is 222 g/mol. The van der Waals surface area contributed by atoms with Crippen molar-refractivity contribution in [3.8, 4) is 0 Å². The van der Waals surface area contributed by atoms with Crippen molar-refractivity contribution in [3.05, 3.63) is 39.8 Å². The van der Waals surface area contributed by atoms with Gasteiger partial charge in [-0.25, -0.2) is 0 Å². The van der Waals surface area contributed by atoms with Gasteiger partial charge in [-0.1, -0.05) is 0 Å². The predicted molar refractivity (Wildman–Crippen MR) is 62.0 cm³/mol. The third kappa shape index (κ3) is 1.67. The fraction of sp³-hybridized carbons (Fsp3) is 0.364. The first-order chi connectivity index (χ1) is 7.86. The standard InChI is InChI=1S/C11H13N3OS/c12-4-9-3-10-6-15-11(5-14(10)13-9)8-1-2-16-7-8/h1-3,7,11H,4-6,12H2. The van der Waals surface area contributed by atoms with Crippen LogP contribution in [0.15, 0.2) is 22.9 Å². The first-order valence-electron chi connectivity index (χ1n) is 5.26. The van der Waals surface area contributed by atoms with E-state index in [9.17, 15) is 0 Å². The smallest absolute Gasteiger partial charge is 0.103 e. The Kier molecular flexibility index (Phi) is 2.51. The molecule has 16 heavy (non-hydrogen) atoms. The largest absolute Gasteiger partial charge is 0.365 e. The number of nitrogens with two attached hydrogens (primary N) is 1. The number of aromatic nitrogens is 2. The average Bonchev–Trinajstić information content (AvgIpc) is 2.96. The summed E-state index contributed by atoms with van der Waals surface area (Å²) < 4.78 is 7.82. The molecule has 0 spiro atoms. The van der Waals surface area contributed by atoms with Gasteiger partial charge in [0, 0.05) is 6.54 Å². The summed E-state index contributed by atoms with van der Waals surface area (Å²) >= 11 is 1.69. The van der Waals surface area contributed by atoms with E-state index in [2.05, 4.69) is 21.9 Å². The summed E-state index contributed by atoms with van der Waals surface area (Å²) in [6.45, 7) is 1.89. The van der Waals surface area contributed by atoms with Gasteiger partial charge < -0.3 is 10.5 Å². The van der Waals surface area contributed by atoms with Crippen molar-refractivity contribution in [2.75, 3.05) is 0 Å². The van der Waals surface area contributed by atoms with E-state index < -0.39 is 0 Å². The first kappa shape index (κ1) is 10.0. The third-order valence-corrected chi connectivity index (χ3v) is 3.51. The zero-order chi connectivity index (χ0) is 11.0. The van der Waals surface area contributed by atoms with Crippen LogP contribution in [0.2, 0.25) is 0 Å². The van der Waals surface area contributed by atoms with E-state index in [-0.39, 0.29) is 6.10 Å². The van der Waals surface area contributed by atoms with Crippen molar-refractivity contribution < 1.29 is 4.74 Å². The van der Waals surface area contributed by atoms with Gasteiger partial charge in [0.1, 0.15) is 6.10 Å². The van der Waals surface area contributed by atoms with Crippen LogP contribution in [0.4, 0.5) is 0 Å². The van der Waals surface area contributed by atoms with Crippen LogP contribution < -0.4 is 5.73 Å². The lowest BCUT2D eigenvalue weighted by Crippen LogP contribution is -2.21. The first-order valence-corrected chi connectivity index (χ1v) is 6.20. The summed E-state index contributed by atoms with van der Waals surface area (Å²) in [5, 5.41) is 8.64. The van der Waals surface area contributed by atoms with Gasteiger partial charge in [-0.3, -0.25) is 4.68 Å². The fourth-order valence-corrected chi connectivity index (χ4v) is 2.65. The molecule has 0 bridgehead atoms. The van der Waals surface area contributed by atoms with E-state index in [4.69, 9.17) is 10.5 Å². The second-order valence-electron chi connectivity index (χ2n) is 3.87. The average molecular weight is 235 g/mol. The molecule has 1 unspecified atom stereocenters. The second kappa shape index (κ2) is 4.01. The van der Waals surface area contributed by atoms with Crippen LogP contribution in [0.25, 0.3) is 0 Å². The van der Waals surface area contributed by atoms with Crippen molar-refractivity contribution in [2.45, 2.75) is 25.8 Å². The van der Waals surface area contributed by atoms with Gasteiger partial charge in [0.2, 0.25) is 0 Å². The molecule has 0 fully saturated rings. The van der Waals surface area contributed by atoms with E-state index in [0.717, 1.165) is 17.9 Å². The molecule has 0 aromatic carbocycles. The van der Waals surface area contributed by atoms with Crippen LogP contribution in [0.5, 0.6) is 0 Å². The quantitative estimate of drug-likeness (QED) is 0.861. The summed E-state index contributed by atoms with van der Waals surface area (Å²) in [6, 6.07) is 4.12. The van der Waals surface area contributed by atoms with Gasteiger partial charge in [-0.2, -0.15) is 16.4 Å². The molecule has 84 valence electrons. The molecule has 0 amide bonds. The minimum Gasteiger partial charge on any atom is -0.365 e. The zero-order valence-electron chi connectivity index (χ0n) is 8.80. The maximum atomic E-state index is 5.81. The second-order valence-corrected chi connectivity index (χ2v) is 4.65.